The molecule has 1 nitrogen and oxygen atoms in total. The van der Waals surface area contributed by atoms with Crippen molar-refractivity contribution < 1.29 is 11.0 Å². The van der Waals surface area contributed by atoms with Gasteiger partial charge in [0.05, 0.1) is 16.7 Å². The predicted molar refractivity (Wildman–Crippen MR) is 251 cm³/mol. The van der Waals surface area contributed by atoms with Gasteiger partial charge in [-0.1, -0.05) is 218 Å². The van der Waals surface area contributed by atoms with Crippen LogP contribution in [0.5, 0.6) is 0 Å². The van der Waals surface area contributed by atoms with E-state index >= 15 is 0 Å². The van der Waals surface area contributed by atoms with E-state index in [4.69, 9.17) is 0 Å². The van der Waals surface area contributed by atoms with Crippen LogP contribution in [0.3, 0.4) is 0 Å². The lowest BCUT2D eigenvalue weighted by Gasteiger charge is -2.29. The van der Waals surface area contributed by atoms with Gasteiger partial charge in [0, 0.05) is 16.9 Å². The molecule has 0 atom stereocenters. The zero-order valence-electron chi connectivity index (χ0n) is 40.0. The Balaban J connectivity index is 1.20. The molecule has 0 bridgehead atoms. The van der Waals surface area contributed by atoms with Crippen LogP contribution in [0.4, 0.5) is 17.1 Å². The Labute approximate surface area is 358 Å². The van der Waals surface area contributed by atoms with Gasteiger partial charge in [0.1, 0.15) is 0 Å². The first kappa shape index (κ1) is 27.8. The maximum absolute atomic E-state index is 9.77. The lowest BCUT2D eigenvalue weighted by Crippen LogP contribution is -2.11. The minimum atomic E-state index is -0.407. The number of fused-ring (bicyclic) bond motifs is 1. The third-order valence-corrected chi connectivity index (χ3v) is 10.7. The molecular formula is C58H41N. The van der Waals surface area contributed by atoms with Gasteiger partial charge in [-0.2, -0.15) is 0 Å². The van der Waals surface area contributed by atoms with Crippen LogP contribution in [0, 0.1) is 0 Å². The van der Waals surface area contributed by atoms with Crippen LogP contribution in [-0.4, -0.2) is 0 Å². The van der Waals surface area contributed by atoms with Gasteiger partial charge >= 0.3 is 0 Å². The van der Waals surface area contributed by atoms with Crippen molar-refractivity contribution >= 4 is 27.8 Å². The van der Waals surface area contributed by atoms with Gasteiger partial charge in [0.15, 0.2) is 0 Å². The SMILES string of the molecule is [2H]c1c([2H])c(N(c2ccccc2-c2ccccc2-c2ccccc2-c2ccccc2)c2c([2H])c([2H])c(-c3ccc(-c4cccc5ccccc45)cc3)c([2H])c2[2H])c([2H])c([2H])c1-c1ccccc1. The van der Waals surface area contributed by atoms with E-state index < -0.39 is 24.2 Å². The Morgan fingerprint density at radius 1 is 0.254 bits per heavy atom. The predicted octanol–water partition coefficient (Wildman–Crippen LogP) is 16.3. The lowest BCUT2D eigenvalue weighted by molar-refractivity contribution is 1.28. The number of nitrogens with zero attached hydrogens (tertiary/aromatic N) is 1. The van der Waals surface area contributed by atoms with E-state index in [0.29, 0.717) is 22.4 Å². The number of benzene rings is 10. The summed E-state index contributed by atoms with van der Waals surface area (Å²) in [6.07, 6.45) is 0. The molecule has 0 spiro atoms. The zero-order valence-corrected chi connectivity index (χ0v) is 32.0. The molecule has 0 heterocycles. The molecule has 59 heavy (non-hydrogen) atoms. The summed E-state index contributed by atoms with van der Waals surface area (Å²) in [5.74, 6) is 0. The van der Waals surface area contributed by atoms with Crippen LogP contribution >= 0.6 is 0 Å². The Morgan fingerprint density at radius 2 is 0.644 bits per heavy atom. The smallest absolute Gasteiger partial charge is 0.0645 e. The fourth-order valence-electron chi connectivity index (χ4n) is 7.81. The second-order valence-electron chi connectivity index (χ2n) is 14.2. The van der Waals surface area contributed by atoms with Gasteiger partial charge in [0.25, 0.3) is 0 Å². The van der Waals surface area contributed by atoms with E-state index in [-0.39, 0.29) is 46.7 Å². The van der Waals surface area contributed by atoms with E-state index in [9.17, 15) is 11.0 Å². The van der Waals surface area contributed by atoms with Gasteiger partial charge < -0.3 is 4.90 Å². The molecule has 1 heteroatoms. The van der Waals surface area contributed by atoms with Crippen LogP contribution in [0.1, 0.15) is 11.0 Å². The number of anilines is 3. The third-order valence-electron chi connectivity index (χ3n) is 10.7. The minimum absolute atomic E-state index is 0.0956. The van der Waals surface area contributed by atoms with E-state index in [2.05, 4.69) is 42.5 Å². The first-order valence-electron chi connectivity index (χ1n) is 23.6. The van der Waals surface area contributed by atoms with E-state index in [1.54, 1.807) is 36.4 Å². The minimum Gasteiger partial charge on any atom is -0.310 e. The molecular weight excluding hydrogens is 711 g/mol. The second kappa shape index (κ2) is 16.0. The molecule has 0 amide bonds. The molecule has 278 valence electrons. The van der Waals surface area contributed by atoms with Crippen LogP contribution < -0.4 is 4.90 Å². The van der Waals surface area contributed by atoms with Crippen LogP contribution in [0.2, 0.25) is 0 Å². The number of hydrogen-bond acceptors (Lipinski definition) is 1. The number of hydrogen-bond donors (Lipinski definition) is 0. The summed E-state index contributed by atoms with van der Waals surface area (Å²) in [5, 5.41) is 2.18. The highest BCUT2D eigenvalue weighted by Crippen LogP contribution is 2.45. The Hall–Kier alpha value is -7.74. The summed E-state index contributed by atoms with van der Waals surface area (Å²) in [5.41, 5.74) is 8.29. The maximum Gasteiger partial charge on any atom is 0.0645 e. The summed E-state index contributed by atoms with van der Waals surface area (Å²) in [7, 11) is 0. The van der Waals surface area contributed by atoms with E-state index in [0.717, 1.165) is 49.7 Å². The van der Waals surface area contributed by atoms with Gasteiger partial charge in [-0.15, -0.1) is 0 Å². The summed E-state index contributed by atoms with van der Waals surface area (Å²) in [6.45, 7) is 0. The quantitative estimate of drug-likeness (QED) is 0.142. The average molecular weight is 760 g/mol. The van der Waals surface area contributed by atoms with Gasteiger partial charge in [-0.05, 0) is 102 Å². The van der Waals surface area contributed by atoms with Crippen molar-refractivity contribution in [1.29, 1.82) is 0 Å². The molecule has 0 N–H and O–H groups in total. The number of para-hydroxylation sites is 1. The maximum atomic E-state index is 9.77. The van der Waals surface area contributed by atoms with Gasteiger partial charge in [0.2, 0.25) is 0 Å². The monoisotopic (exact) mass is 759 g/mol. The first-order chi connectivity index (χ1) is 32.6. The van der Waals surface area contributed by atoms with Crippen molar-refractivity contribution in [3.63, 3.8) is 0 Å². The van der Waals surface area contributed by atoms with Gasteiger partial charge in [-0.3, -0.25) is 0 Å². The molecule has 10 rings (SSSR count). The average Bonchev–Trinajstić information content (AvgIpc) is 3.38. The summed E-state index contributed by atoms with van der Waals surface area (Å²) in [6, 6.07) is 61.1. The van der Waals surface area contributed by atoms with Gasteiger partial charge in [-0.25, -0.2) is 0 Å². The van der Waals surface area contributed by atoms with Crippen molar-refractivity contribution in [1.82, 2.24) is 0 Å². The molecule has 0 aromatic heterocycles. The van der Waals surface area contributed by atoms with Crippen molar-refractivity contribution in [2.24, 2.45) is 0 Å². The third kappa shape index (κ3) is 7.12. The molecule has 0 fully saturated rings. The van der Waals surface area contributed by atoms with Crippen molar-refractivity contribution in [3.8, 4) is 66.8 Å². The molecule has 10 aromatic rings. The Morgan fingerprint density at radius 3 is 1.27 bits per heavy atom. The van der Waals surface area contributed by atoms with Crippen LogP contribution in [0.25, 0.3) is 77.5 Å². The normalized spacial score (nSPS) is 12.9. The van der Waals surface area contributed by atoms with E-state index in [1.807, 2.05) is 121 Å². The zero-order chi connectivity index (χ0) is 46.3. The van der Waals surface area contributed by atoms with Crippen LogP contribution in [-0.2, 0) is 0 Å². The Bertz CT molecular complexity index is 3440. The largest absolute Gasteiger partial charge is 0.310 e. The number of rotatable bonds is 9. The lowest BCUT2D eigenvalue weighted by atomic mass is 9.88. The highest BCUT2D eigenvalue weighted by Gasteiger charge is 2.20. The first-order valence-corrected chi connectivity index (χ1v) is 19.6. The molecule has 0 aliphatic carbocycles. The molecule has 0 saturated heterocycles. The summed E-state index contributed by atoms with van der Waals surface area (Å²) < 4.78 is 76.7. The molecule has 0 aliphatic rings. The topological polar surface area (TPSA) is 3.24 Å². The molecule has 0 aliphatic heterocycles. The standard InChI is InChI=1S/C58H41N/c1-3-16-42(17-4-1)44-34-38-49(39-35-44)59(50-40-36-45(37-41-50)43-30-32-48(33-31-43)52-28-15-21-47-20-7-8-22-51(47)52)58-29-14-13-27-57(58)56-26-12-11-25-55(56)54-24-10-9-23-53(54)46-18-5-2-6-19-46/h1-41H/i34D,35D,36D,37D,38D,39D,40D,41D. The molecule has 0 radical (unpaired) electrons. The van der Waals surface area contributed by atoms with Crippen molar-refractivity contribution in [3.05, 3.63) is 249 Å². The fraction of sp³-hybridized carbons (Fsp3) is 0. The summed E-state index contributed by atoms with van der Waals surface area (Å²) in [4.78, 5) is 1.40. The van der Waals surface area contributed by atoms with E-state index in [1.165, 1.54) is 4.90 Å². The molecule has 0 unspecified atom stereocenters. The Kier molecular flexibility index (Phi) is 7.54. The second-order valence-corrected chi connectivity index (χ2v) is 14.2. The molecule has 0 saturated carbocycles. The molecule has 10 aromatic carbocycles. The van der Waals surface area contributed by atoms with Crippen molar-refractivity contribution in [2.75, 3.05) is 4.90 Å². The highest BCUT2D eigenvalue weighted by molar-refractivity contribution is 5.98. The van der Waals surface area contributed by atoms with Crippen LogP contribution in [0.15, 0.2) is 249 Å². The summed E-state index contributed by atoms with van der Waals surface area (Å²) >= 11 is 0. The fourth-order valence-corrected chi connectivity index (χ4v) is 7.81. The van der Waals surface area contributed by atoms with Crippen molar-refractivity contribution in [2.45, 2.75) is 0 Å². The highest BCUT2D eigenvalue weighted by atomic mass is 15.1.